The lowest BCUT2D eigenvalue weighted by atomic mass is 10.1. The van der Waals surface area contributed by atoms with Crippen molar-refractivity contribution in [3.8, 4) is 0 Å². The van der Waals surface area contributed by atoms with E-state index in [0.29, 0.717) is 0 Å². The fourth-order valence-corrected chi connectivity index (χ4v) is 3.17. The summed E-state index contributed by atoms with van der Waals surface area (Å²) in [7, 11) is 0. The first-order chi connectivity index (χ1) is 12.7. The molecule has 0 radical (unpaired) electrons. The Labute approximate surface area is 155 Å². The molecule has 27 heavy (non-hydrogen) atoms. The summed E-state index contributed by atoms with van der Waals surface area (Å²) in [5, 5.41) is 5.55. The Morgan fingerprint density at radius 3 is 2.67 bits per heavy atom. The first kappa shape index (κ1) is 18.9. The van der Waals surface area contributed by atoms with Gasteiger partial charge in [0, 0.05) is 5.38 Å². The van der Waals surface area contributed by atoms with Gasteiger partial charge in [-0.15, -0.1) is 0 Å². The fraction of sp³-hybridized carbons (Fsp3) is 0.235. The van der Waals surface area contributed by atoms with Crippen LogP contribution in [0.15, 0.2) is 35.0 Å². The Kier molecular flexibility index (Phi) is 4.92. The molecule has 0 fully saturated rings. The van der Waals surface area contributed by atoms with Crippen LogP contribution in [0.1, 0.15) is 22.8 Å². The summed E-state index contributed by atoms with van der Waals surface area (Å²) >= 11 is 1.28. The number of benzene rings is 1. The van der Waals surface area contributed by atoms with Gasteiger partial charge >= 0.3 is 12.1 Å². The van der Waals surface area contributed by atoms with E-state index in [9.17, 15) is 27.6 Å². The van der Waals surface area contributed by atoms with Crippen molar-refractivity contribution in [1.29, 1.82) is 0 Å². The molecule has 0 aliphatic carbocycles. The lowest BCUT2D eigenvalue weighted by molar-refractivity contribution is -0.137. The van der Waals surface area contributed by atoms with Crippen LogP contribution in [-0.2, 0) is 20.5 Å². The highest BCUT2D eigenvalue weighted by atomic mass is 32.1. The zero-order chi connectivity index (χ0) is 19.8. The second-order valence-corrected chi connectivity index (χ2v) is 6.54. The van der Waals surface area contributed by atoms with E-state index >= 15 is 0 Å². The van der Waals surface area contributed by atoms with Gasteiger partial charge in [0.05, 0.1) is 22.5 Å². The van der Waals surface area contributed by atoms with Crippen molar-refractivity contribution in [2.45, 2.75) is 19.2 Å². The molecule has 0 spiro atoms. The van der Waals surface area contributed by atoms with Crippen molar-refractivity contribution >= 4 is 40.5 Å². The highest BCUT2D eigenvalue weighted by Gasteiger charge is 2.35. The number of alkyl halides is 3. The normalized spacial score (nSPS) is 15.0. The van der Waals surface area contributed by atoms with Gasteiger partial charge in [-0.3, -0.25) is 14.5 Å². The Morgan fingerprint density at radius 2 is 2.04 bits per heavy atom. The van der Waals surface area contributed by atoms with Crippen molar-refractivity contribution in [1.82, 2.24) is 0 Å². The molecule has 2 heterocycles. The van der Waals surface area contributed by atoms with Crippen LogP contribution in [0, 0.1) is 0 Å². The first-order valence-corrected chi connectivity index (χ1v) is 8.67. The number of fused-ring (bicyclic) bond motifs is 1. The number of carbonyl (C=O) groups excluding carboxylic acids is 3. The van der Waals surface area contributed by atoms with E-state index < -0.39 is 42.2 Å². The molecule has 0 unspecified atom stereocenters. The van der Waals surface area contributed by atoms with Crippen LogP contribution in [0.3, 0.4) is 0 Å². The molecule has 142 valence electrons. The molecule has 0 saturated carbocycles. The smallest absolute Gasteiger partial charge is 0.416 e. The highest BCUT2D eigenvalue weighted by molar-refractivity contribution is 7.08. The summed E-state index contributed by atoms with van der Waals surface area (Å²) < 4.78 is 43.7. The number of rotatable bonds is 3. The topological polar surface area (TPSA) is 75.7 Å². The monoisotopic (exact) mass is 398 g/mol. The molecule has 10 heteroatoms. The maximum absolute atomic E-state index is 12.9. The maximum atomic E-state index is 12.9. The molecule has 2 amide bonds. The molecule has 1 N–H and O–H groups in total. The number of halogens is 3. The van der Waals surface area contributed by atoms with Crippen LogP contribution in [-0.4, -0.2) is 30.4 Å². The number of nitrogens with zero attached hydrogens (tertiary/aromatic N) is 1. The molecule has 0 bridgehead atoms. The largest absolute Gasteiger partial charge is 0.449 e. The summed E-state index contributed by atoms with van der Waals surface area (Å²) in [6, 6.07) is 4.21. The van der Waals surface area contributed by atoms with Gasteiger partial charge in [-0.1, -0.05) is 0 Å². The molecule has 0 saturated heterocycles. The minimum absolute atomic E-state index is 0.103. The molecule has 1 aliphatic rings. The van der Waals surface area contributed by atoms with E-state index in [4.69, 9.17) is 4.74 Å². The van der Waals surface area contributed by atoms with E-state index in [-0.39, 0.29) is 16.9 Å². The quantitative estimate of drug-likeness (QED) is 0.805. The van der Waals surface area contributed by atoms with Crippen LogP contribution in [0.5, 0.6) is 0 Å². The van der Waals surface area contributed by atoms with E-state index in [2.05, 4.69) is 5.32 Å². The summed E-state index contributed by atoms with van der Waals surface area (Å²) in [5.41, 5.74) is -0.698. The van der Waals surface area contributed by atoms with Gasteiger partial charge in [-0.25, -0.2) is 4.79 Å². The number of nitrogens with one attached hydrogen (secondary N) is 1. The minimum Gasteiger partial charge on any atom is -0.449 e. The van der Waals surface area contributed by atoms with Gasteiger partial charge in [0.25, 0.3) is 5.91 Å². The number of hydrogen-bond acceptors (Lipinski definition) is 5. The van der Waals surface area contributed by atoms with E-state index in [1.54, 1.807) is 10.8 Å². The third kappa shape index (κ3) is 3.95. The molecule has 1 atom stereocenters. The average Bonchev–Trinajstić information content (AvgIpc) is 3.13. The molecular weight excluding hydrogens is 385 g/mol. The molecule has 3 rings (SSSR count). The lowest BCUT2D eigenvalue weighted by Crippen LogP contribution is -2.47. The van der Waals surface area contributed by atoms with Gasteiger partial charge in [0.15, 0.2) is 6.10 Å². The zero-order valence-electron chi connectivity index (χ0n) is 13.9. The van der Waals surface area contributed by atoms with Gasteiger partial charge in [-0.2, -0.15) is 24.5 Å². The third-order valence-corrected chi connectivity index (χ3v) is 4.53. The number of amides is 2. The van der Waals surface area contributed by atoms with Crippen LogP contribution in [0.2, 0.25) is 0 Å². The second-order valence-electron chi connectivity index (χ2n) is 5.76. The van der Waals surface area contributed by atoms with Gasteiger partial charge in [0.2, 0.25) is 5.91 Å². The Morgan fingerprint density at radius 1 is 1.30 bits per heavy atom. The van der Waals surface area contributed by atoms with Gasteiger partial charge < -0.3 is 10.1 Å². The first-order valence-electron chi connectivity index (χ1n) is 7.72. The van der Waals surface area contributed by atoms with Crippen LogP contribution < -0.4 is 10.2 Å². The molecule has 1 aromatic heterocycles. The number of ether oxygens (including phenoxy) is 1. The predicted octanol–water partition coefficient (Wildman–Crippen LogP) is 3.30. The molecule has 2 aromatic rings. The van der Waals surface area contributed by atoms with Crippen molar-refractivity contribution in [2.24, 2.45) is 0 Å². The summed E-state index contributed by atoms with van der Waals surface area (Å²) in [6.07, 6.45) is -5.81. The summed E-state index contributed by atoms with van der Waals surface area (Å²) in [4.78, 5) is 37.5. The van der Waals surface area contributed by atoms with Crippen molar-refractivity contribution in [3.63, 3.8) is 0 Å². The van der Waals surface area contributed by atoms with Crippen LogP contribution in [0.4, 0.5) is 24.5 Å². The Hall–Kier alpha value is -2.88. The van der Waals surface area contributed by atoms with E-state index in [1.165, 1.54) is 24.3 Å². The second kappa shape index (κ2) is 7.03. The molecular formula is C17H13F3N2O4S. The number of anilines is 2. The fourth-order valence-electron chi connectivity index (χ4n) is 2.54. The molecule has 1 aliphatic heterocycles. The molecule has 6 nitrogen and oxygen atoms in total. The lowest BCUT2D eigenvalue weighted by Gasteiger charge is -2.31. The van der Waals surface area contributed by atoms with Gasteiger partial charge in [-0.05, 0) is 36.6 Å². The average molecular weight is 398 g/mol. The maximum Gasteiger partial charge on any atom is 0.416 e. The minimum atomic E-state index is -4.59. The van der Waals surface area contributed by atoms with Crippen LogP contribution >= 0.6 is 11.3 Å². The van der Waals surface area contributed by atoms with E-state index in [1.807, 2.05) is 0 Å². The number of carbonyl (C=O) groups is 3. The Bertz CT molecular complexity index is 896. The summed E-state index contributed by atoms with van der Waals surface area (Å²) in [6.45, 7) is 0.945. The van der Waals surface area contributed by atoms with Crippen molar-refractivity contribution in [2.75, 3.05) is 16.8 Å². The van der Waals surface area contributed by atoms with Crippen LogP contribution in [0.25, 0.3) is 0 Å². The highest BCUT2D eigenvalue weighted by Crippen LogP contribution is 2.37. The summed E-state index contributed by atoms with van der Waals surface area (Å²) in [5.74, 6) is -2.06. The van der Waals surface area contributed by atoms with Crippen molar-refractivity contribution in [3.05, 3.63) is 46.2 Å². The number of thiophene rings is 1. The Balaban J connectivity index is 1.83. The van der Waals surface area contributed by atoms with Gasteiger partial charge in [0.1, 0.15) is 6.54 Å². The predicted molar refractivity (Wildman–Crippen MR) is 91.6 cm³/mol. The standard InChI is InChI=1S/C17H13F3N2O4S/c1-9(26-16(25)10-4-5-27-8-10)15(24)22-7-14(23)21-12-6-11(17(18,19)20)2-3-13(12)22/h2-6,8-9H,7H2,1H3,(H,21,23)/t9-/m0/s1. The third-order valence-electron chi connectivity index (χ3n) is 3.84. The zero-order valence-corrected chi connectivity index (χ0v) is 14.7. The number of hydrogen-bond donors (Lipinski definition) is 1. The molecule has 1 aromatic carbocycles. The SMILES string of the molecule is C[C@H](OC(=O)c1ccsc1)C(=O)N1CC(=O)Nc2cc(C(F)(F)F)ccc21. The number of esters is 1. The van der Waals surface area contributed by atoms with Crippen molar-refractivity contribution < 1.29 is 32.3 Å². The van der Waals surface area contributed by atoms with E-state index in [0.717, 1.165) is 23.1 Å².